The molecule has 0 atom stereocenters. The van der Waals surface area contributed by atoms with Crippen LogP contribution in [0.5, 0.6) is 23.0 Å². The molecular formula is C22H21FN4O4. The average molecular weight is 424 g/mol. The minimum atomic E-state index is -0.856. The second-order valence-electron chi connectivity index (χ2n) is 6.69. The Hall–Kier alpha value is -4.14. The van der Waals surface area contributed by atoms with Crippen molar-refractivity contribution in [2.75, 3.05) is 25.6 Å². The predicted molar refractivity (Wildman–Crippen MR) is 115 cm³/mol. The quantitative estimate of drug-likeness (QED) is 0.676. The summed E-state index contributed by atoms with van der Waals surface area (Å²) in [5, 5.41) is 13.1. The Labute approximate surface area is 178 Å². The van der Waals surface area contributed by atoms with Gasteiger partial charge in [-0.3, -0.25) is 9.89 Å². The zero-order valence-corrected chi connectivity index (χ0v) is 16.8. The lowest BCUT2D eigenvalue weighted by molar-refractivity contribution is 0.171. The molecule has 2 aliphatic rings. The van der Waals surface area contributed by atoms with Crippen molar-refractivity contribution in [2.45, 2.75) is 0 Å². The summed E-state index contributed by atoms with van der Waals surface area (Å²) in [5.41, 5.74) is 8.15. The molecular weight excluding hydrogens is 403 g/mol. The van der Waals surface area contributed by atoms with Crippen LogP contribution < -0.4 is 25.3 Å². The van der Waals surface area contributed by atoms with Crippen molar-refractivity contribution < 1.29 is 23.7 Å². The third-order valence-corrected chi connectivity index (χ3v) is 4.70. The molecule has 2 aromatic rings. The maximum Gasteiger partial charge on any atom is 0.194 e. The Bertz CT molecular complexity index is 1130. The number of aliphatic imine (C=N–C) groups is 1. The van der Waals surface area contributed by atoms with Gasteiger partial charge < -0.3 is 30.4 Å². The number of ether oxygens (including phenoxy) is 3. The highest BCUT2D eigenvalue weighted by molar-refractivity contribution is 5.81. The highest BCUT2D eigenvalue weighted by Gasteiger charge is 2.20. The number of hydrogen-bond acceptors (Lipinski definition) is 8. The van der Waals surface area contributed by atoms with Crippen molar-refractivity contribution >= 4 is 17.6 Å². The molecule has 4 rings (SSSR count). The van der Waals surface area contributed by atoms with E-state index in [2.05, 4.69) is 16.9 Å². The monoisotopic (exact) mass is 424 g/mol. The fourth-order valence-corrected chi connectivity index (χ4v) is 3.15. The standard InChI is InChI=1S/C22H21FN4O4/c1-13-12-25-5-6-27(13)22(20(24)14-9-16(23)21(28)19(10-14)29-2)26-15-3-4-17-18(11-15)31-8-7-30-17/h3-6,9-12,26,28H,1,7-8,24H2,2H3/b22-20-. The van der Waals surface area contributed by atoms with Crippen LogP contribution in [-0.4, -0.2) is 36.5 Å². The van der Waals surface area contributed by atoms with Crippen molar-refractivity contribution in [3.63, 3.8) is 0 Å². The van der Waals surface area contributed by atoms with E-state index in [-0.39, 0.29) is 11.4 Å². The first-order valence-corrected chi connectivity index (χ1v) is 9.39. The molecule has 9 heteroatoms. The molecule has 0 aromatic heterocycles. The summed E-state index contributed by atoms with van der Waals surface area (Å²) in [6, 6.07) is 7.96. The lowest BCUT2D eigenvalue weighted by Crippen LogP contribution is -2.26. The van der Waals surface area contributed by atoms with Gasteiger partial charge in [0.2, 0.25) is 0 Å². The predicted octanol–water partition coefficient (Wildman–Crippen LogP) is 3.38. The number of halogens is 1. The molecule has 160 valence electrons. The van der Waals surface area contributed by atoms with Gasteiger partial charge in [-0.05, 0) is 24.3 Å². The van der Waals surface area contributed by atoms with Gasteiger partial charge in [0.25, 0.3) is 0 Å². The van der Waals surface area contributed by atoms with Crippen LogP contribution in [-0.2, 0) is 0 Å². The van der Waals surface area contributed by atoms with E-state index in [0.717, 1.165) is 6.07 Å². The lowest BCUT2D eigenvalue weighted by Gasteiger charge is -2.28. The van der Waals surface area contributed by atoms with Crippen LogP contribution in [0.3, 0.4) is 0 Å². The van der Waals surface area contributed by atoms with E-state index in [0.29, 0.717) is 47.5 Å². The summed E-state index contributed by atoms with van der Waals surface area (Å²) in [6.07, 6.45) is 4.81. The van der Waals surface area contributed by atoms with Gasteiger partial charge >= 0.3 is 0 Å². The third kappa shape index (κ3) is 3.97. The molecule has 2 aromatic carbocycles. The molecule has 0 aliphatic carbocycles. The largest absolute Gasteiger partial charge is 0.502 e. The number of phenolic OH excluding ortho intramolecular Hbond substituents is 1. The summed E-state index contributed by atoms with van der Waals surface area (Å²) in [5.74, 6) is 0.166. The normalized spacial score (nSPS) is 15.5. The van der Waals surface area contributed by atoms with E-state index in [1.807, 2.05) is 6.07 Å². The first kappa shape index (κ1) is 20.1. The van der Waals surface area contributed by atoms with Crippen LogP contribution in [0.2, 0.25) is 0 Å². The van der Waals surface area contributed by atoms with Crippen molar-refractivity contribution in [3.8, 4) is 23.0 Å². The second kappa shape index (κ2) is 8.31. The van der Waals surface area contributed by atoms with E-state index in [1.165, 1.54) is 13.2 Å². The number of nitrogens with zero attached hydrogens (tertiary/aromatic N) is 2. The summed E-state index contributed by atoms with van der Waals surface area (Å²) in [7, 11) is 1.33. The third-order valence-electron chi connectivity index (χ3n) is 4.70. The summed E-state index contributed by atoms with van der Waals surface area (Å²) < 4.78 is 30.5. The molecule has 8 nitrogen and oxygen atoms in total. The van der Waals surface area contributed by atoms with E-state index in [9.17, 15) is 9.50 Å². The maximum atomic E-state index is 14.3. The van der Waals surface area contributed by atoms with Gasteiger partial charge in [-0.2, -0.15) is 0 Å². The summed E-state index contributed by atoms with van der Waals surface area (Å²) in [4.78, 5) is 5.73. The van der Waals surface area contributed by atoms with Gasteiger partial charge in [0.05, 0.1) is 24.7 Å². The fraction of sp³-hybridized carbons (Fsp3) is 0.136. The molecule has 4 N–H and O–H groups in total. The van der Waals surface area contributed by atoms with Crippen LogP contribution in [0.25, 0.3) is 5.70 Å². The number of nitrogens with one attached hydrogen (secondary N) is 1. The molecule has 2 aliphatic heterocycles. The van der Waals surface area contributed by atoms with Crippen LogP contribution in [0.1, 0.15) is 5.56 Å². The molecule has 0 amide bonds. The number of anilines is 1. The number of rotatable bonds is 5. The average Bonchev–Trinajstić information content (AvgIpc) is 2.79. The Balaban J connectivity index is 1.79. The van der Waals surface area contributed by atoms with Crippen LogP contribution in [0.4, 0.5) is 10.1 Å². The Morgan fingerprint density at radius 1 is 1.26 bits per heavy atom. The number of methoxy groups -OCH3 is 1. The van der Waals surface area contributed by atoms with Crippen LogP contribution in [0.15, 0.2) is 65.8 Å². The molecule has 0 bridgehead atoms. The maximum absolute atomic E-state index is 14.3. The zero-order valence-electron chi connectivity index (χ0n) is 16.8. The van der Waals surface area contributed by atoms with Crippen molar-refractivity contribution in [3.05, 3.63) is 72.2 Å². The zero-order chi connectivity index (χ0) is 22.0. The van der Waals surface area contributed by atoms with Gasteiger partial charge in [-0.25, -0.2) is 4.39 Å². The number of allylic oxidation sites excluding steroid dienone is 1. The first-order chi connectivity index (χ1) is 15.0. The molecule has 0 fully saturated rings. The van der Waals surface area contributed by atoms with Gasteiger partial charge in [-0.1, -0.05) is 6.58 Å². The summed E-state index contributed by atoms with van der Waals surface area (Å²) >= 11 is 0. The number of hydrogen-bond donors (Lipinski definition) is 3. The molecule has 0 spiro atoms. The molecule has 0 radical (unpaired) electrons. The number of fused-ring (bicyclic) bond motifs is 1. The Morgan fingerprint density at radius 2 is 2.03 bits per heavy atom. The van der Waals surface area contributed by atoms with Crippen molar-refractivity contribution in [1.29, 1.82) is 0 Å². The minimum Gasteiger partial charge on any atom is -0.502 e. The molecule has 2 heterocycles. The second-order valence-corrected chi connectivity index (χ2v) is 6.69. The number of phenols is 1. The van der Waals surface area contributed by atoms with E-state index < -0.39 is 11.6 Å². The summed E-state index contributed by atoms with van der Waals surface area (Å²) in [6.45, 7) is 4.93. The topological polar surface area (TPSA) is 102 Å². The highest BCUT2D eigenvalue weighted by Crippen LogP contribution is 2.36. The Kier molecular flexibility index (Phi) is 5.40. The van der Waals surface area contributed by atoms with Gasteiger partial charge in [-0.15, -0.1) is 0 Å². The first-order valence-electron chi connectivity index (χ1n) is 9.39. The highest BCUT2D eigenvalue weighted by atomic mass is 19.1. The fourth-order valence-electron chi connectivity index (χ4n) is 3.15. The molecule has 0 unspecified atom stereocenters. The van der Waals surface area contributed by atoms with Crippen LogP contribution >= 0.6 is 0 Å². The SMILES string of the molecule is C=C1C=NC=CN1/C(Nc1ccc2c(c1)OCCO2)=C(\N)c1cc(F)c(O)c(OC)c1. The van der Waals surface area contributed by atoms with E-state index in [4.69, 9.17) is 19.9 Å². The smallest absolute Gasteiger partial charge is 0.194 e. The molecule has 0 saturated carbocycles. The lowest BCUT2D eigenvalue weighted by atomic mass is 10.1. The van der Waals surface area contributed by atoms with Crippen LogP contribution in [0, 0.1) is 5.82 Å². The van der Waals surface area contributed by atoms with Crippen molar-refractivity contribution in [1.82, 2.24) is 4.90 Å². The molecule has 31 heavy (non-hydrogen) atoms. The van der Waals surface area contributed by atoms with Crippen molar-refractivity contribution in [2.24, 2.45) is 10.7 Å². The van der Waals surface area contributed by atoms with Gasteiger partial charge in [0, 0.05) is 29.7 Å². The molecule has 0 saturated heterocycles. The van der Waals surface area contributed by atoms with Gasteiger partial charge in [0.1, 0.15) is 19.0 Å². The number of benzene rings is 2. The van der Waals surface area contributed by atoms with Gasteiger partial charge in [0.15, 0.2) is 28.8 Å². The van der Waals surface area contributed by atoms with E-state index in [1.54, 1.807) is 35.6 Å². The number of aromatic hydroxyl groups is 1. The minimum absolute atomic E-state index is 0.0359. The van der Waals surface area contributed by atoms with E-state index >= 15 is 0 Å². The Morgan fingerprint density at radius 3 is 2.77 bits per heavy atom. The number of nitrogens with two attached hydrogens (primary N) is 1.